The molecule has 0 amide bonds. The van der Waals surface area contributed by atoms with Gasteiger partial charge in [-0.3, -0.25) is 4.99 Å². The van der Waals surface area contributed by atoms with Crippen LogP contribution < -0.4 is 5.32 Å². The zero-order valence-electron chi connectivity index (χ0n) is 15.9. The van der Waals surface area contributed by atoms with E-state index in [1.165, 1.54) is 38.6 Å². The highest BCUT2D eigenvalue weighted by Crippen LogP contribution is 2.45. The minimum atomic E-state index is 0. The van der Waals surface area contributed by atoms with E-state index in [1.54, 1.807) is 0 Å². The molecule has 0 aromatic carbocycles. The van der Waals surface area contributed by atoms with E-state index >= 15 is 0 Å². The number of aliphatic hydroxyl groups excluding tert-OH is 1. The van der Waals surface area contributed by atoms with Crippen molar-refractivity contribution in [1.82, 2.24) is 10.2 Å². The smallest absolute Gasteiger partial charge is 0.193 e. The molecule has 2 fully saturated rings. The highest BCUT2D eigenvalue weighted by molar-refractivity contribution is 14.0. The number of guanidine groups is 1. The van der Waals surface area contributed by atoms with Gasteiger partial charge in [-0.25, -0.2) is 0 Å². The Kier molecular flexibility index (Phi) is 9.94. The Morgan fingerprint density at radius 1 is 1.25 bits per heavy atom. The Morgan fingerprint density at radius 3 is 2.54 bits per heavy atom. The number of aliphatic hydroxyl groups is 1. The van der Waals surface area contributed by atoms with Crippen molar-refractivity contribution in [1.29, 1.82) is 0 Å². The fourth-order valence-electron chi connectivity index (χ4n) is 4.42. The lowest BCUT2D eigenvalue weighted by Crippen LogP contribution is -2.41. The van der Waals surface area contributed by atoms with Gasteiger partial charge in [-0.1, -0.05) is 26.7 Å². The van der Waals surface area contributed by atoms with Crippen molar-refractivity contribution >= 4 is 29.9 Å². The number of likely N-dealkylation sites (tertiary alicyclic amines) is 1. The predicted octanol–water partition coefficient (Wildman–Crippen LogP) is 3.88. The lowest BCUT2D eigenvalue weighted by atomic mass is 9.86. The van der Waals surface area contributed by atoms with Crippen LogP contribution in [0.25, 0.3) is 0 Å². The number of nitrogens with one attached hydrogen (secondary N) is 1. The Morgan fingerprint density at radius 2 is 1.96 bits per heavy atom. The molecule has 1 aliphatic carbocycles. The first-order valence-corrected chi connectivity index (χ1v) is 9.72. The molecule has 2 rings (SSSR count). The van der Waals surface area contributed by atoms with Gasteiger partial charge < -0.3 is 15.3 Å². The summed E-state index contributed by atoms with van der Waals surface area (Å²) in [6, 6.07) is 0. The largest absolute Gasteiger partial charge is 0.396 e. The van der Waals surface area contributed by atoms with Crippen LogP contribution >= 0.6 is 24.0 Å². The van der Waals surface area contributed by atoms with Crippen LogP contribution in [0.2, 0.25) is 0 Å². The van der Waals surface area contributed by atoms with E-state index in [2.05, 4.69) is 31.0 Å². The molecular weight excluding hydrogens is 413 g/mol. The third-order valence-corrected chi connectivity index (χ3v) is 5.58. The Bertz CT molecular complexity index is 381. The molecule has 24 heavy (non-hydrogen) atoms. The van der Waals surface area contributed by atoms with Gasteiger partial charge in [0.2, 0.25) is 0 Å². The summed E-state index contributed by atoms with van der Waals surface area (Å²) in [6.45, 7) is 11.0. The SMILES string of the molecule is CCNC(=NCC(CCO)CC(C)C)N1CCC2(CCCC2)C1.I. The quantitative estimate of drug-likeness (QED) is 0.351. The van der Waals surface area contributed by atoms with Crippen molar-refractivity contribution in [2.75, 3.05) is 32.8 Å². The van der Waals surface area contributed by atoms with Crippen LogP contribution in [-0.2, 0) is 0 Å². The zero-order valence-corrected chi connectivity index (χ0v) is 18.2. The molecule has 1 saturated heterocycles. The maximum Gasteiger partial charge on any atom is 0.193 e. The van der Waals surface area contributed by atoms with E-state index in [0.29, 0.717) is 17.3 Å². The van der Waals surface area contributed by atoms with Crippen molar-refractivity contribution in [2.24, 2.45) is 22.2 Å². The second-order valence-electron chi connectivity index (χ2n) is 8.08. The number of rotatable bonds is 7. The van der Waals surface area contributed by atoms with Gasteiger partial charge in [0.05, 0.1) is 0 Å². The summed E-state index contributed by atoms with van der Waals surface area (Å²) >= 11 is 0. The molecule has 0 bridgehead atoms. The number of nitrogens with zero attached hydrogens (tertiary/aromatic N) is 2. The van der Waals surface area contributed by atoms with E-state index in [-0.39, 0.29) is 30.6 Å². The summed E-state index contributed by atoms with van der Waals surface area (Å²) in [5, 5.41) is 12.8. The highest BCUT2D eigenvalue weighted by Gasteiger charge is 2.41. The first kappa shape index (κ1) is 22.0. The molecule has 0 radical (unpaired) electrons. The van der Waals surface area contributed by atoms with E-state index in [4.69, 9.17) is 4.99 Å². The summed E-state index contributed by atoms with van der Waals surface area (Å²) in [7, 11) is 0. The van der Waals surface area contributed by atoms with Crippen LogP contribution in [0, 0.1) is 17.3 Å². The molecule has 1 atom stereocenters. The molecule has 5 heteroatoms. The third kappa shape index (κ3) is 6.36. The van der Waals surface area contributed by atoms with Gasteiger partial charge in [0.1, 0.15) is 0 Å². The van der Waals surface area contributed by atoms with E-state index in [0.717, 1.165) is 38.4 Å². The Balaban J connectivity index is 0.00000288. The van der Waals surface area contributed by atoms with Crippen LogP contribution in [0.15, 0.2) is 4.99 Å². The summed E-state index contributed by atoms with van der Waals surface area (Å²) in [5.74, 6) is 2.26. The van der Waals surface area contributed by atoms with E-state index < -0.39 is 0 Å². The van der Waals surface area contributed by atoms with E-state index in [1.807, 2.05) is 0 Å². The molecule has 0 aromatic rings. The summed E-state index contributed by atoms with van der Waals surface area (Å²) in [4.78, 5) is 7.43. The van der Waals surface area contributed by atoms with Gasteiger partial charge in [0, 0.05) is 32.8 Å². The summed E-state index contributed by atoms with van der Waals surface area (Å²) in [5.41, 5.74) is 0.582. The molecule has 4 nitrogen and oxygen atoms in total. The number of aliphatic imine (C=N–C) groups is 1. The monoisotopic (exact) mass is 451 g/mol. The summed E-state index contributed by atoms with van der Waals surface area (Å²) in [6.07, 6.45) is 8.98. The third-order valence-electron chi connectivity index (χ3n) is 5.58. The minimum absolute atomic E-state index is 0. The van der Waals surface area contributed by atoms with E-state index in [9.17, 15) is 5.11 Å². The second kappa shape index (κ2) is 10.8. The molecular formula is C19H38IN3O. The molecule has 2 aliphatic rings. The predicted molar refractivity (Wildman–Crippen MR) is 113 cm³/mol. The number of hydrogen-bond acceptors (Lipinski definition) is 2. The first-order chi connectivity index (χ1) is 11.1. The standard InChI is InChI=1S/C19H37N3O.HI/c1-4-20-18(21-14-17(7-12-23)13-16(2)3)22-11-10-19(15-22)8-5-6-9-19;/h16-17,23H,4-15H2,1-3H3,(H,20,21);1H. The fourth-order valence-corrected chi connectivity index (χ4v) is 4.42. The molecule has 0 aromatic heterocycles. The average molecular weight is 451 g/mol. The highest BCUT2D eigenvalue weighted by atomic mass is 127. The van der Waals surface area contributed by atoms with Crippen molar-refractivity contribution in [3.63, 3.8) is 0 Å². The molecule has 1 unspecified atom stereocenters. The van der Waals surface area contributed by atoms with Crippen LogP contribution in [0.4, 0.5) is 0 Å². The lowest BCUT2D eigenvalue weighted by molar-refractivity contribution is 0.245. The van der Waals surface area contributed by atoms with Gasteiger partial charge in [0.25, 0.3) is 0 Å². The molecule has 1 aliphatic heterocycles. The topological polar surface area (TPSA) is 47.9 Å². The molecule has 1 heterocycles. The van der Waals surface area contributed by atoms with Crippen LogP contribution in [-0.4, -0.2) is 48.8 Å². The van der Waals surface area contributed by atoms with Gasteiger partial charge in [-0.15, -0.1) is 24.0 Å². The molecule has 2 N–H and O–H groups in total. The van der Waals surface area contributed by atoms with Crippen LogP contribution in [0.3, 0.4) is 0 Å². The van der Waals surface area contributed by atoms with Crippen LogP contribution in [0.1, 0.15) is 65.7 Å². The maximum atomic E-state index is 9.29. The zero-order chi connectivity index (χ0) is 16.7. The van der Waals surface area contributed by atoms with Gasteiger partial charge >= 0.3 is 0 Å². The molecule has 1 saturated carbocycles. The van der Waals surface area contributed by atoms with Gasteiger partial charge in [-0.2, -0.15) is 0 Å². The maximum absolute atomic E-state index is 9.29. The number of hydrogen-bond donors (Lipinski definition) is 2. The van der Waals surface area contributed by atoms with Gasteiger partial charge in [-0.05, 0) is 56.3 Å². The van der Waals surface area contributed by atoms with Crippen molar-refractivity contribution in [2.45, 2.75) is 65.7 Å². The second-order valence-corrected chi connectivity index (χ2v) is 8.08. The normalized spacial score (nSPS) is 21.4. The van der Waals surface area contributed by atoms with Gasteiger partial charge in [0.15, 0.2) is 5.96 Å². The average Bonchev–Trinajstić information content (AvgIpc) is 3.13. The fraction of sp³-hybridized carbons (Fsp3) is 0.947. The summed E-state index contributed by atoms with van der Waals surface area (Å²) < 4.78 is 0. The van der Waals surface area contributed by atoms with Crippen molar-refractivity contribution < 1.29 is 5.11 Å². The minimum Gasteiger partial charge on any atom is -0.396 e. The molecule has 1 spiro atoms. The van der Waals surface area contributed by atoms with Crippen molar-refractivity contribution in [3.05, 3.63) is 0 Å². The lowest BCUT2D eigenvalue weighted by Gasteiger charge is -2.26. The Hall–Kier alpha value is -0.0400. The first-order valence-electron chi connectivity index (χ1n) is 9.72. The number of halogens is 1. The molecule has 142 valence electrons. The van der Waals surface area contributed by atoms with Crippen LogP contribution in [0.5, 0.6) is 0 Å². The van der Waals surface area contributed by atoms with Crippen molar-refractivity contribution in [3.8, 4) is 0 Å². The Labute approximate surface area is 165 Å².